The van der Waals surface area contributed by atoms with Crippen LogP contribution in [-0.2, 0) is 10.5 Å². The fourth-order valence-electron chi connectivity index (χ4n) is 3.06. The van der Waals surface area contributed by atoms with Gasteiger partial charge in [-0.1, -0.05) is 48.0 Å². The predicted octanol–water partition coefficient (Wildman–Crippen LogP) is 5.49. The van der Waals surface area contributed by atoms with E-state index in [0.29, 0.717) is 32.5 Å². The Morgan fingerprint density at radius 3 is 2.80 bits per heavy atom. The van der Waals surface area contributed by atoms with Gasteiger partial charge in [-0.15, -0.1) is 23.1 Å². The van der Waals surface area contributed by atoms with Gasteiger partial charge in [-0.25, -0.2) is 4.98 Å². The first-order valence-electron chi connectivity index (χ1n) is 9.21. The van der Waals surface area contributed by atoms with Crippen LogP contribution >= 0.6 is 34.7 Å². The van der Waals surface area contributed by atoms with E-state index in [0.717, 1.165) is 16.7 Å². The smallest absolute Gasteiger partial charge is 0.260 e. The number of nitrogens with one attached hydrogen (secondary N) is 2. The summed E-state index contributed by atoms with van der Waals surface area (Å²) in [6.07, 6.45) is 0. The van der Waals surface area contributed by atoms with Crippen LogP contribution in [-0.4, -0.2) is 21.6 Å². The fraction of sp³-hybridized carbons (Fsp3) is 0.136. The average molecular weight is 456 g/mol. The van der Waals surface area contributed by atoms with Crippen LogP contribution < -0.4 is 10.9 Å². The molecule has 0 bridgehead atoms. The summed E-state index contributed by atoms with van der Waals surface area (Å²) in [7, 11) is 0. The normalized spacial score (nSPS) is 11.0. The molecule has 2 N–H and O–H groups in total. The molecule has 8 heteroatoms. The summed E-state index contributed by atoms with van der Waals surface area (Å²) < 4.78 is 0. The van der Waals surface area contributed by atoms with Gasteiger partial charge in [-0.2, -0.15) is 0 Å². The third-order valence-electron chi connectivity index (χ3n) is 4.59. The van der Waals surface area contributed by atoms with Gasteiger partial charge in [-0.3, -0.25) is 9.59 Å². The third kappa shape index (κ3) is 4.43. The van der Waals surface area contributed by atoms with E-state index < -0.39 is 0 Å². The van der Waals surface area contributed by atoms with Gasteiger partial charge in [0.2, 0.25) is 5.91 Å². The van der Waals surface area contributed by atoms with Gasteiger partial charge in [0, 0.05) is 21.7 Å². The van der Waals surface area contributed by atoms with E-state index in [9.17, 15) is 9.59 Å². The van der Waals surface area contributed by atoms with Gasteiger partial charge in [0.05, 0.1) is 16.9 Å². The maximum Gasteiger partial charge on any atom is 0.260 e. The van der Waals surface area contributed by atoms with Crippen LogP contribution in [0, 0.1) is 6.92 Å². The van der Waals surface area contributed by atoms with Crippen LogP contribution in [0.3, 0.4) is 0 Å². The van der Waals surface area contributed by atoms with Crippen LogP contribution in [0.1, 0.15) is 11.4 Å². The number of thioether (sulfide) groups is 1. The highest BCUT2D eigenvalue weighted by molar-refractivity contribution is 7.99. The number of rotatable bonds is 6. The van der Waals surface area contributed by atoms with Crippen LogP contribution in [0.5, 0.6) is 0 Å². The molecular formula is C22H18ClN3O2S2. The van der Waals surface area contributed by atoms with E-state index in [1.54, 1.807) is 12.1 Å². The number of thiophene rings is 1. The lowest BCUT2D eigenvalue weighted by Crippen LogP contribution is -2.16. The maximum absolute atomic E-state index is 12.7. The minimum absolute atomic E-state index is 0.128. The molecule has 4 aromatic rings. The number of benzene rings is 2. The average Bonchev–Trinajstić information content (AvgIpc) is 3.17. The summed E-state index contributed by atoms with van der Waals surface area (Å²) in [6.45, 7) is 1.86. The van der Waals surface area contributed by atoms with E-state index in [1.807, 2.05) is 48.7 Å². The van der Waals surface area contributed by atoms with Crippen LogP contribution in [0.4, 0.5) is 5.69 Å². The highest BCUT2D eigenvalue weighted by atomic mass is 35.5. The van der Waals surface area contributed by atoms with Crippen molar-refractivity contribution in [1.82, 2.24) is 9.97 Å². The summed E-state index contributed by atoms with van der Waals surface area (Å²) in [5.74, 6) is 1.11. The molecule has 1 amide bonds. The Morgan fingerprint density at radius 2 is 2.00 bits per heavy atom. The molecule has 0 aliphatic rings. The largest absolute Gasteiger partial charge is 0.325 e. The first-order chi connectivity index (χ1) is 14.5. The van der Waals surface area contributed by atoms with Crippen molar-refractivity contribution >= 4 is 56.5 Å². The van der Waals surface area contributed by atoms with Gasteiger partial charge in [0.1, 0.15) is 10.7 Å². The summed E-state index contributed by atoms with van der Waals surface area (Å²) in [5.41, 5.74) is 3.26. The summed E-state index contributed by atoms with van der Waals surface area (Å²) >= 11 is 8.93. The van der Waals surface area contributed by atoms with E-state index in [1.165, 1.54) is 23.1 Å². The number of aromatic amines is 1. The van der Waals surface area contributed by atoms with Crippen molar-refractivity contribution in [2.24, 2.45) is 0 Å². The Morgan fingerprint density at radius 1 is 1.20 bits per heavy atom. The number of anilines is 1. The molecule has 0 fully saturated rings. The third-order valence-corrected chi connectivity index (χ3v) is 6.82. The monoisotopic (exact) mass is 455 g/mol. The number of H-pyrrole nitrogens is 1. The SMILES string of the molecule is Cc1c(Cl)cccc1NC(=O)CSCc1nc2scc(-c3ccccc3)c2c(=O)[nH]1. The van der Waals surface area contributed by atoms with Gasteiger partial charge in [0.25, 0.3) is 5.56 Å². The van der Waals surface area contributed by atoms with Crippen LogP contribution in [0.25, 0.3) is 21.3 Å². The Balaban J connectivity index is 1.43. The Labute approximate surface area is 186 Å². The zero-order valence-corrected chi connectivity index (χ0v) is 18.5. The van der Waals surface area contributed by atoms with Gasteiger partial charge in [0.15, 0.2) is 0 Å². The van der Waals surface area contributed by atoms with Crippen molar-refractivity contribution in [3.8, 4) is 11.1 Å². The molecule has 5 nitrogen and oxygen atoms in total. The van der Waals surface area contributed by atoms with E-state index in [-0.39, 0.29) is 17.2 Å². The lowest BCUT2D eigenvalue weighted by molar-refractivity contribution is -0.113. The molecule has 2 heterocycles. The van der Waals surface area contributed by atoms with Crippen LogP contribution in [0.15, 0.2) is 58.7 Å². The second kappa shape index (κ2) is 9.04. The number of hydrogen-bond donors (Lipinski definition) is 2. The standard InChI is InChI=1S/C22H18ClN3O2S2/c1-13-16(23)8-5-9-17(13)24-19(27)12-29-11-18-25-21(28)20-15(10-30-22(20)26-18)14-6-3-2-4-7-14/h2-10H,11-12H2,1H3,(H,24,27)(H,25,26,28). The molecule has 2 aromatic carbocycles. The highest BCUT2D eigenvalue weighted by Gasteiger charge is 2.13. The zero-order chi connectivity index (χ0) is 21.1. The zero-order valence-electron chi connectivity index (χ0n) is 16.1. The summed E-state index contributed by atoms with van der Waals surface area (Å²) in [5, 5.41) is 6.04. The van der Waals surface area contributed by atoms with Crippen LogP contribution in [0.2, 0.25) is 5.02 Å². The number of carbonyl (C=O) groups excluding carboxylic acids is 1. The molecule has 0 radical (unpaired) electrons. The molecule has 0 saturated heterocycles. The number of halogens is 1. The number of hydrogen-bond acceptors (Lipinski definition) is 5. The number of carbonyl (C=O) groups is 1. The molecular weight excluding hydrogens is 438 g/mol. The quantitative estimate of drug-likeness (QED) is 0.403. The number of aromatic nitrogens is 2. The maximum atomic E-state index is 12.7. The lowest BCUT2D eigenvalue weighted by Gasteiger charge is -2.09. The molecule has 0 unspecified atom stereocenters. The first kappa shape index (κ1) is 20.7. The molecule has 0 saturated carbocycles. The molecule has 0 aliphatic heterocycles. The van der Waals surface area contributed by atoms with E-state index in [2.05, 4.69) is 15.3 Å². The molecule has 152 valence electrons. The van der Waals surface area contributed by atoms with Crippen molar-refractivity contribution < 1.29 is 4.79 Å². The molecule has 30 heavy (non-hydrogen) atoms. The van der Waals surface area contributed by atoms with Crippen molar-refractivity contribution in [1.29, 1.82) is 0 Å². The highest BCUT2D eigenvalue weighted by Crippen LogP contribution is 2.30. The Hall–Kier alpha value is -2.61. The topological polar surface area (TPSA) is 74.8 Å². The number of fused-ring (bicyclic) bond motifs is 1. The Kier molecular flexibility index (Phi) is 6.22. The summed E-state index contributed by atoms with van der Waals surface area (Å²) in [4.78, 5) is 33.1. The minimum atomic E-state index is -0.158. The van der Waals surface area contributed by atoms with E-state index in [4.69, 9.17) is 11.6 Å². The molecule has 4 rings (SSSR count). The van der Waals surface area contributed by atoms with E-state index >= 15 is 0 Å². The van der Waals surface area contributed by atoms with Crippen molar-refractivity contribution in [3.63, 3.8) is 0 Å². The Bertz CT molecular complexity index is 1270. The first-order valence-corrected chi connectivity index (χ1v) is 11.6. The fourth-order valence-corrected chi connectivity index (χ4v) is 4.89. The van der Waals surface area contributed by atoms with Gasteiger partial charge >= 0.3 is 0 Å². The second-order valence-corrected chi connectivity index (χ2v) is 8.91. The van der Waals surface area contributed by atoms with Crippen molar-refractivity contribution in [3.05, 3.63) is 80.7 Å². The van der Waals surface area contributed by atoms with Crippen molar-refractivity contribution in [2.45, 2.75) is 12.7 Å². The van der Waals surface area contributed by atoms with Crippen molar-refractivity contribution in [2.75, 3.05) is 11.1 Å². The van der Waals surface area contributed by atoms with Gasteiger partial charge in [-0.05, 0) is 30.2 Å². The molecule has 0 atom stereocenters. The number of nitrogens with zero attached hydrogens (tertiary/aromatic N) is 1. The van der Waals surface area contributed by atoms with Gasteiger partial charge < -0.3 is 10.3 Å². The molecule has 0 aliphatic carbocycles. The predicted molar refractivity (Wildman–Crippen MR) is 127 cm³/mol. The molecule has 2 aromatic heterocycles. The number of amides is 1. The molecule has 0 spiro atoms. The summed E-state index contributed by atoms with van der Waals surface area (Å²) in [6, 6.07) is 15.2. The lowest BCUT2D eigenvalue weighted by atomic mass is 10.1. The second-order valence-electron chi connectivity index (χ2n) is 6.66. The minimum Gasteiger partial charge on any atom is -0.325 e.